The van der Waals surface area contributed by atoms with Crippen molar-refractivity contribution in [2.75, 3.05) is 0 Å². The minimum atomic E-state index is -1.60. The predicted molar refractivity (Wildman–Crippen MR) is 131 cm³/mol. The second-order valence-electron chi connectivity index (χ2n) is 7.78. The number of rotatable bonds is 5. The van der Waals surface area contributed by atoms with Crippen molar-refractivity contribution < 1.29 is 29.7 Å². The lowest BCUT2D eigenvalue weighted by atomic mass is 10.1. The van der Waals surface area contributed by atoms with E-state index in [1.165, 1.54) is 18.2 Å². The van der Waals surface area contributed by atoms with E-state index >= 15 is 0 Å². The van der Waals surface area contributed by atoms with E-state index < -0.39 is 46.1 Å². The Hall–Kier alpha value is -5.93. The second kappa shape index (κ2) is 11.0. The minimum absolute atomic E-state index is 0.0294. The third kappa shape index (κ3) is 6.08. The quantitative estimate of drug-likeness (QED) is 0.217. The number of carboxylic acids is 3. The molecule has 2 heterocycles. The Bertz CT molecular complexity index is 1860. The summed E-state index contributed by atoms with van der Waals surface area (Å²) >= 11 is 0. The van der Waals surface area contributed by atoms with E-state index in [0.717, 1.165) is 16.9 Å². The molecule has 0 aliphatic rings. The van der Waals surface area contributed by atoms with Gasteiger partial charge in [0.1, 0.15) is 6.20 Å². The third-order valence-electron chi connectivity index (χ3n) is 5.14. The highest BCUT2D eigenvalue weighted by Gasteiger charge is 2.16. The minimum Gasteiger partial charge on any atom is -0.478 e. The summed E-state index contributed by atoms with van der Waals surface area (Å²) in [6.07, 6.45) is 0.946. The molecule has 0 amide bonds. The number of aryl methyl sites for hydroxylation is 2. The molecular weight excluding hydrogens is 520 g/mol. The standard InChI is InChI=1S/C12H9N3O6.C11H9N3O4/c1-5-2-3-6(4-7(5)10(17)18)15-12(21)13-9(16)8(14-15)11(19)20;1-6-2-3-7(4-8(6)10(16)17)14-11(18)13-9(15)5-12-14/h2-4H,1H3,(H,17,18)(H,19,20)(H,13,16,21);2-5H,1H3,(H,16,17)(H,13,15,18). The molecule has 16 nitrogen and oxygen atoms in total. The topological polar surface area (TPSA) is 247 Å². The number of aromatic nitrogens is 6. The van der Waals surface area contributed by atoms with E-state index in [2.05, 4.69) is 10.2 Å². The van der Waals surface area contributed by atoms with E-state index in [4.69, 9.17) is 15.3 Å². The zero-order chi connectivity index (χ0) is 29.0. The van der Waals surface area contributed by atoms with Crippen LogP contribution in [0.15, 0.2) is 61.8 Å². The van der Waals surface area contributed by atoms with Crippen molar-refractivity contribution in [2.24, 2.45) is 0 Å². The first-order chi connectivity index (χ1) is 18.3. The molecule has 0 unspecified atom stereocenters. The first kappa shape index (κ1) is 27.7. The Morgan fingerprint density at radius 1 is 0.718 bits per heavy atom. The van der Waals surface area contributed by atoms with Gasteiger partial charge in [-0.1, -0.05) is 12.1 Å². The molecule has 0 fully saturated rings. The van der Waals surface area contributed by atoms with Crippen molar-refractivity contribution in [1.82, 2.24) is 29.5 Å². The number of benzene rings is 2. The summed E-state index contributed by atoms with van der Waals surface area (Å²) < 4.78 is 1.55. The van der Waals surface area contributed by atoms with Crippen LogP contribution in [0.1, 0.15) is 42.3 Å². The molecule has 4 rings (SSSR count). The Morgan fingerprint density at radius 3 is 1.67 bits per heavy atom. The van der Waals surface area contributed by atoms with Crippen LogP contribution in [0.2, 0.25) is 0 Å². The molecule has 4 aromatic rings. The molecule has 0 spiro atoms. The van der Waals surface area contributed by atoms with Crippen molar-refractivity contribution in [3.63, 3.8) is 0 Å². The molecule has 2 aromatic heterocycles. The molecule has 0 saturated carbocycles. The van der Waals surface area contributed by atoms with Crippen molar-refractivity contribution in [3.05, 3.63) is 112 Å². The van der Waals surface area contributed by atoms with E-state index in [1.54, 1.807) is 26.0 Å². The van der Waals surface area contributed by atoms with Crippen LogP contribution in [0.4, 0.5) is 0 Å². The number of carbonyl (C=O) groups is 3. The molecule has 0 atom stereocenters. The summed E-state index contributed by atoms with van der Waals surface area (Å²) in [5.41, 5.74) is -2.94. The maximum Gasteiger partial charge on any atom is 0.362 e. The summed E-state index contributed by atoms with van der Waals surface area (Å²) in [4.78, 5) is 82.1. The Balaban J connectivity index is 0.000000218. The lowest BCUT2D eigenvalue weighted by Crippen LogP contribution is -2.35. The number of aromatic carboxylic acids is 3. The average Bonchev–Trinajstić information content (AvgIpc) is 2.85. The maximum atomic E-state index is 11.7. The van der Waals surface area contributed by atoms with Crippen LogP contribution in [0.5, 0.6) is 0 Å². The third-order valence-corrected chi connectivity index (χ3v) is 5.14. The molecular formula is C23H18N6O10. The number of carboxylic acid groups (broad SMARTS) is 3. The number of hydrogen-bond acceptors (Lipinski definition) is 9. The molecule has 5 N–H and O–H groups in total. The first-order valence-electron chi connectivity index (χ1n) is 10.6. The van der Waals surface area contributed by atoms with E-state index in [-0.39, 0.29) is 22.5 Å². The zero-order valence-electron chi connectivity index (χ0n) is 20.0. The molecule has 0 aliphatic carbocycles. The van der Waals surface area contributed by atoms with Gasteiger partial charge in [-0.3, -0.25) is 19.6 Å². The fraction of sp³-hybridized carbons (Fsp3) is 0.0870. The number of H-pyrrole nitrogens is 2. The number of aromatic amines is 2. The van der Waals surface area contributed by atoms with Gasteiger partial charge in [0.25, 0.3) is 11.1 Å². The normalized spacial score (nSPS) is 10.3. The van der Waals surface area contributed by atoms with E-state index in [9.17, 15) is 33.6 Å². The van der Waals surface area contributed by atoms with E-state index in [0.29, 0.717) is 15.8 Å². The van der Waals surface area contributed by atoms with Crippen molar-refractivity contribution in [2.45, 2.75) is 13.8 Å². The summed E-state index contributed by atoms with van der Waals surface area (Å²) in [5, 5.41) is 33.9. The largest absolute Gasteiger partial charge is 0.478 e. The van der Waals surface area contributed by atoms with Crippen molar-refractivity contribution in [1.29, 1.82) is 0 Å². The van der Waals surface area contributed by atoms with Crippen molar-refractivity contribution in [3.8, 4) is 11.4 Å². The van der Waals surface area contributed by atoms with E-state index in [1.807, 2.05) is 9.97 Å². The Kier molecular flexibility index (Phi) is 7.79. The number of hydrogen-bond donors (Lipinski definition) is 5. The molecule has 0 aliphatic heterocycles. The first-order valence-corrected chi connectivity index (χ1v) is 10.6. The van der Waals surface area contributed by atoms with Crippen molar-refractivity contribution >= 4 is 17.9 Å². The molecule has 0 bridgehead atoms. The molecule has 0 saturated heterocycles. The van der Waals surface area contributed by atoms with Gasteiger partial charge in [-0.2, -0.15) is 19.6 Å². The fourth-order valence-corrected chi connectivity index (χ4v) is 3.20. The summed E-state index contributed by atoms with van der Waals surface area (Å²) in [6.45, 7) is 3.22. The smallest absolute Gasteiger partial charge is 0.362 e. The van der Waals surface area contributed by atoms with Crippen LogP contribution in [0, 0.1) is 13.8 Å². The molecule has 2 aromatic carbocycles. The van der Waals surface area contributed by atoms with Gasteiger partial charge in [-0.05, 0) is 49.2 Å². The van der Waals surface area contributed by atoms with Gasteiger partial charge in [0.05, 0.1) is 22.5 Å². The van der Waals surface area contributed by atoms with Crippen LogP contribution in [-0.2, 0) is 0 Å². The summed E-state index contributed by atoms with van der Waals surface area (Å²) in [5.74, 6) is -3.90. The van der Waals surface area contributed by atoms with Gasteiger partial charge < -0.3 is 15.3 Å². The maximum absolute atomic E-state index is 11.7. The molecule has 0 radical (unpaired) electrons. The van der Waals surface area contributed by atoms with Gasteiger partial charge >= 0.3 is 29.3 Å². The van der Waals surface area contributed by atoms with Gasteiger partial charge in [-0.15, -0.1) is 0 Å². The second-order valence-corrected chi connectivity index (χ2v) is 7.78. The SMILES string of the molecule is Cc1ccc(-n2nc(C(=O)O)c(=O)[nH]c2=O)cc1C(=O)O.Cc1ccc(-n2ncc(=O)[nH]c2=O)cc1C(=O)O. The lowest BCUT2D eigenvalue weighted by molar-refractivity contribution is 0.0677. The van der Waals surface area contributed by atoms with Crippen LogP contribution >= 0.6 is 0 Å². The van der Waals surface area contributed by atoms with Gasteiger partial charge in [0.2, 0.25) is 5.69 Å². The Morgan fingerprint density at radius 2 is 1.21 bits per heavy atom. The molecule has 16 heteroatoms. The van der Waals surface area contributed by atoms with Gasteiger partial charge in [0.15, 0.2) is 0 Å². The predicted octanol–water partition coefficient (Wildman–Crippen LogP) is -0.447. The molecule has 39 heavy (non-hydrogen) atoms. The average molecular weight is 538 g/mol. The number of nitrogens with zero attached hydrogens (tertiary/aromatic N) is 4. The summed E-state index contributed by atoms with van der Waals surface area (Å²) in [7, 11) is 0. The Labute approximate surface area is 215 Å². The van der Waals surface area contributed by atoms with Gasteiger partial charge in [-0.25, -0.2) is 24.0 Å². The molecule has 200 valence electrons. The monoisotopic (exact) mass is 538 g/mol. The highest BCUT2D eigenvalue weighted by molar-refractivity contribution is 5.90. The summed E-state index contributed by atoms with van der Waals surface area (Å²) in [6, 6.07) is 8.44. The van der Waals surface area contributed by atoms with Crippen LogP contribution in [-0.4, -0.2) is 62.8 Å². The number of nitrogens with one attached hydrogen (secondary N) is 2. The van der Waals surface area contributed by atoms with Crippen LogP contribution in [0.3, 0.4) is 0 Å². The lowest BCUT2D eigenvalue weighted by Gasteiger charge is -2.07. The fourth-order valence-electron chi connectivity index (χ4n) is 3.20. The van der Waals surface area contributed by atoms with Gasteiger partial charge in [0, 0.05) is 0 Å². The van der Waals surface area contributed by atoms with Crippen LogP contribution < -0.4 is 22.5 Å². The van der Waals surface area contributed by atoms with Crippen LogP contribution in [0.25, 0.3) is 11.4 Å². The highest BCUT2D eigenvalue weighted by Crippen LogP contribution is 2.14. The zero-order valence-corrected chi connectivity index (χ0v) is 20.0. The highest BCUT2D eigenvalue weighted by atomic mass is 16.4.